The molecule has 9 nitrogen and oxygen atoms in total. The highest BCUT2D eigenvalue weighted by molar-refractivity contribution is 7.92. The van der Waals surface area contributed by atoms with Crippen LogP contribution in [0, 0.1) is 13.8 Å². The van der Waals surface area contributed by atoms with E-state index in [2.05, 4.69) is 5.32 Å². The van der Waals surface area contributed by atoms with Gasteiger partial charge in [0, 0.05) is 24.6 Å². The van der Waals surface area contributed by atoms with Gasteiger partial charge < -0.3 is 19.7 Å². The van der Waals surface area contributed by atoms with Crippen LogP contribution in [0.15, 0.2) is 102 Å². The zero-order valence-electron chi connectivity index (χ0n) is 28.7. The highest BCUT2D eigenvalue weighted by Gasteiger charge is 2.36. The molecule has 4 rings (SSSR count). The van der Waals surface area contributed by atoms with Crippen LogP contribution in [0.5, 0.6) is 11.5 Å². The predicted octanol–water partition coefficient (Wildman–Crippen LogP) is 6.07. The Balaban J connectivity index is 1.89. The van der Waals surface area contributed by atoms with Crippen molar-refractivity contribution in [2.24, 2.45) is 0 Å². The minimum absolute atomic E-state index is 0.00235. The zero-order chi connectivity index (χ0) is 35.1. The molecule has 0 fully saturated rings. The van der Waals surface area contributed by atoms with Gasteiger partial charge in [0.25, 0.3) is 10.0 Å². The molecule has 0 aliphatic rings. The normalized spacial score (nSPS) is 12.1. The molecule has 4 aromatic carbocycles. The third-order valence-corrected chi connectivity index (χ3v) is 9.69. The maximum atomic E-state index is 14.8. The number of anilines is 1. The summed E-state index contributed by atoms with van der Waals surface area (Å²) in [6.45, 7) is 8.90. The first-order chi connectivity index (χ1) is 22.7. The van der Waals surface area contributed by atoms with E-state index in [1.165, 1.54) is 37.3 Å². The van der Waals surface area contributed by atoms with Crippen molar-refractivity contribution >= 4 is 27.5 Å². The molecule has 0 unspecified atom stereocenters. The Hall–Kier alpha value is -4.83. The molecular weight excluding hydrogens is 627 g/mol. The number of amides is 2. The van der Waals surface area contributed by atoms with Crippen molar-refractivity contribution < 1.29 is 27.5 Å². The van der Waals surface area contributed by atoms with Crippen LogP contribution in [0.3, 0.4) is 0 Å². The van der Waals surface area contributed by atoms with Crippen molar-refractivity contribution in [1.29, 1.82) is 0 Å². The molecule has 0 saturated carbocycles. The van der Waals surface area contributed by atoms with Crippen molar-refractivity contribution in [3.8, 4) is 11.5 Å². The van der Waals surface area contributed by atoms with E-state index in [0.717, 1.165) is 26.6 Å². The minimum Gasteiger partial charge on any atom is -0.497 e. The molecule has 0 radical (unpaired) electrons. The first kappa shape index (κ1) is 36.0. The van der Waals surface area contributed by atoms with Crippen LogP contribution in [-0.2, 0) is 32.6 Å². The van der Waals surface area contributed by atoms with Crippen LogP contribution in [0.1, 0.15) is 43.0 Å². The van der Waals surface area contributed by atoms with E-state index in [0.29, 0.717) is 5.75 Å². The number of ether oxygens (including phenoxy) is 2. The number of carbonyl (C=O) groups excluding carboxylic acids is 2. The zero-order valence-corrected chi connectivity index (χ0v) is 29.5. The van der Waals surface area contributed by atoms with Crippen molar-refractivity contribution in [3.05, 3.63) is 119 Å². The van der Waals surface area contributed by atoms with Gasteiger partial charge in [-0.15, -0.1) is 0 Å². The molecular formula is C38H45N3O6S. The van der Waals surface area contributed by atoms with E-state index in [9.17, 15) is 18.0 Å². The first-order valence-electron chi connectivity index (χ1n) is 15.7. The Morgan fingerprint density at radius 1 is 0.833 bits per heavy atom. The lowest BCUT2D eigenvalue weighted by atomic mass is 10.00. The second-order valence-corrected chi connectivity index (χ2v) is 14.6. The topological polar surface area (TPSA) is 105 Å². The van der Waals surface area contributed by atoms with Crippen LogP contribution in [0.2, 0.25) is 0 Å². The standard InChI is InChI=1S/C38H45N3O6S/c1-27-17-20-32(21-18-27)48(44,45)41(33-24-31(46-6)19-22-35(33)47-7)26-36(42)40(25-30-16-12-11-13-28(30)2)34(37(43)39-38(3,4)5)23-29-14-9-8-10-15-29/h8-22,24,34H,23,25-26H2,1-7H3,(H,39,43)/t34-/m1/s1. The summed E-state index contributed by atoms with van der Waals surface area (Å²) in [6.07, 6.45) is 0.216. The summed E-state index contributed by atoms with van der Waals surface area (Å²) in [7, 11) is -1.42. The lowest BCUT2D eigenvalue weighted by Crippen LogP contribution is -2.56. The number of aryl methyl sites for hydroxylation is 2. The summed E-state index contributed by atoms with van der Waals surface area (Å²) in [6, 6.07) is 27.3. The fourth-order valence-electron chi connectivity index (χ4n) is 5.32. The fourth-order valence-corrected chi connectivity index (χ4v) is 6.74. The summed E-state index contributed by atoms with van der Waals surface area (Å²) in [5.74, 6) is -0.300. The van der Waals surface area contributed by atoms with Crippen molar-refractivity contribution in [2.75, 3.05) is 25.1 Å². The number of hydrogen-bond acceptors (Lipinski definition) is 6. The molecule has 10 heteroatoms. The number of nitrogens with one attached hydrogen (secondary N) is 1. The lowest BCUT2D eigenvalue weighted by molar-refractivity contribution is -0.140. The third kappa shape index (κ3) is 8.95. The first-order valence-corrected chi connectivity index (χ1v) is 17.2. The largest absolute Gasteiger partial charge is 0.497 e. The maximum Gasteiger partial charge on any atom is 0.264 e. The van der Waals surface area contributed by atoms with E-state index >= 15 is 0 Å². The highest BCUT2D eigenvalue weighted by atomic mass is 32.2. The summed E-state index contributed by atoms with van der Waals surface area (Å²) < 4.78 is 41.0. The third-order valence-electron chi connectivity index (χ3n) is 7.91. The highest BCUT2D eigenvalue weighted by Crippen LogP contribution is 2.36. The molecule has 1 N–H and O–H groups in total. The van der Waals surface area contributed by atoms with E-state index in [1.54, 1.807) is 24.3 Å². The van der Waals surface area contributed by atoms with Crippen LogP contribution >= 0.6 is 0 Å². The molecule has 254 valence electrons. The Morgan fingerprint density at radius 3 is 2.08 bits per heavy atom. The Morgan fingerprint density at radius 2 is 1.48 bits per heavy atom. The number of sulfonamides is 1. The summed E-state index contributed by atoms with van der Waals surface area (Å²) >= 11 is 0. The molecule has 0 aromatic heterocycles. The Kier molecular flexibility index (Phi) is 11.5. The van der Waals surface area contributed by atoms with Gasteiger partial charge in [0.2, 0.25) is 11.8 Å². The molecule has 0 bridgehead atoms. The maximum absolute atomic E-state index is 14.8. The molecule has 0 aliphatic heterocycles. The van der Waals surface area contributed by atoms with E-state index in [-0.39, 0.29) is 35.2 Å². The molecule has 48 heavy (non-hydrogen) atoms. The van der Waals surface area contributed by atoms with Gasteiger partial charge in [0.15, 0.2) is 0 Å². The van der Waals surface area contributed by atoms with Gasteiger partial charge in [-0.25, -0.2) is 8.42 Å². The van der Waals surface area contributed by atoms with E-state index in [4.69, 9.17) is 9.47 Å². The predicted molar refractivity (Wildman–Crippen MR) is 189 cm³/mol. The van der Waals surface area contributed by atoms with Crippen molar-refractivity contribution in [3.63, 3.8) is 0 Å². The monoisotopic (exact) mass is 671 g/mol. The van der Waals surface area contributed by atoms with Gasteiger partial charge in [-0.05, 0) is 75.6 Å². The molecule has 2 amide bonds. The Bertz CT molecular complexity index is 1820. The number of rotatable bonds is 13. The van der Waals surface area contributed by atoms with Gasteiger partial charge in [-0.1, -0.05) is 72.3 Å². The second kappa shape index (κ2) is 15.4. The van der Waals surface area contributed by atoms with Crippen LogP contribution in [0.4, 0.5) is 5.69 Å². The number of carbonyl (C=O) groups is 2. The van der Waals surface area contributed by atoms with Crippen LogP contribution in [0.25, 0.3) is 0 Å². The van der Waals surface area contributed by atoms with Gasteiger partial charge >= 0.3 is 0 Å². The molecule has 0 spiro atoms. The summed E-state index contributed by atoms with van der Waals surface area (Å²) in [5, 5.41) is 3.05. The lowest BCUT2D eigenvalue weighted by Gasteiger charge is -2.35. The molecule has 0 saturated heterocycles. The SMILES string of the molecule is COc1ccc(OC)c(N(CC(=O)N(Cc2ccccc2C)[C@H](Cc2ccccc2)C(=O)NC(C)(C)C)S(=O)(=O)c2ccc(C)cc2)c1. The van der Waals surface area contributed by atoms with Gasteiger partial charge in [-0.3, -0.25) is 13.9 Å². The number of nitrogens with zero attached hydrogens (tertiary/aromatic N) is 2. The number of hydrogen-bond donors (Lipinski definition) is 1. The van der Waals surface area contributed by atoms with Crippen LogP contribution in [-0.4, -0.2) is 57.5 Å². The van der Waals surface area contributed by atoms with Crippen molar-refractivity contribution in [2.45, 2.75) is 64.1 Å². The number of benzene rings is 4. The molecule has 0 aliphatic carbocycles. The van der Waals surface area contributed by atoms with E-state index in [1.807, 2.05) is 89.2 Å². The van der Waals surface area contributed by atoms with Gasteiger partial charge in [0.05, 0.1) is 24.8 Å². The van der Waals surface area contributed by atoms with Gasteiger partial charge in [0.1, 0.15) is 24.1 Å². The quantitative estimate of drug-likeness (QED) is 0.185. The van der Waals surface area contributed by atoms with Crippen molar-refractivity contribution in [1.82, 2.24) is 10.2 Å². The minimum atomic E-state index is -4.32. The number of methoxy groups -OCH3 is 2. The Labute approximate surface area is 284 Å². The fraction of sp³-hybridized carbons (Fsp3) is 0.316. The molecule has 1 atom stereocenters. The second-order valence-electron chi connectivity index (χ2n) is 12.8. The van der Waals surface area contributed by atoms with E-state index < -0.39 is 34.1 Å². The van der Waals surface area contributed by atoms with Crippen LogP contribution < -0.4 is 19.1 Å². The smallest absolute Gasteiger partial charge is 0.264 e. The average molecular weight is 672 g/mol. The molecule has 4 aromatic rings. The molecule has 0 heterocycles. The summed E-state index contributed by atoms with van der Waals surface area (Å²) in [5.41, 5.74) is 3.04. The van der Waals surface area contributed by atoms with Gasteiger partial charge in [-0.2, -0.15) is 0 Å². The average Bonchev–Trinajstić information content (AvgIpc) is 3.05. The summed E-state index contributed by atoms with van der Waals surface area (Å²) in [4.78, 5) is 30.4.